The maximum Gasteiger partial charge on any atom is 0.197 e. The van der Waals surface area contributed by atoms with Gasteiger partial charge in [0.15, 0.2) is 11.4 Å². The summed E-state index contributed by atoms with van der Waals surface area (Å²) in [7, 11) is 1.60. The molecule has 7 heteroatoms. The van der Waals surface area contributed by atoms with E-state index < -0.39 is 0 Å². The molecule has 5 aromatic rings. The topological polar surface area (TPSA) is 82.2 Å². The van der Waals surface area contributed by atoms with Crippen LogP contribution in [0.3, 0.4) is 0 Å². The Morgan fingerprint density at radius 3 is 2.53 bits per heavy atom. The fourth-order valence-corrected chi connectivity index (χ4v) is 4.03. The van der Waals surface area contributed by atoms with E-state index in [9.17, 15) is 4.79 Å². The Morgan fingerprint density at radius 1 is 1.06 bits per heavy atom. The SMILES string of the molecule is CCNc1c(C(=O)c2ccc(OC)cc2)c(-c2ccccc2)nc2c1cnn2Cc1ccco1. The van der Waals surface area contributed by atoms with Crippen molar-refractivity contribution in [2.45, 2.75) is 13.5 Å². The van der Waals surface area contributed by atoms with Gasteiger partial charge in [0.05, 0.1) is 41.9 Å². The number of ether oxygens (including phenoxy) is 1. The van der Waals surface area contributed by atoms with Crippen LogP contribution in [0.5, 0.6) is 5.75 Å². The van der Waals surface area contributed by atoms with Gasteiger partial charge in [-0.15, -0.1) is 0 Å². The third-order valence-corrected chi connectivity index (χ3v) is 5.65. The number of fused-ring (bicyclic) bond motifs is 1. The van der Waals surface area contributed by atoms with Crippen LogP contribution in [0.1, 0.15) is 28.6 Å². The van der Waals surface area contributed by atoms with Gasteiger partial charge in [-0.05, 0) is 43.3 Å². The molecule has 0 aliphatic carbocycles. The highest BCUT2D eigenvalue weighted by atomic mass is 16.5. The molecule has 0 saturated carbocycles. The first-order chi connectivity index (χ1) is 16.7. The number of rotatable bonds is 8. The lowest BCUT2D eigenvalue weighted by Crippen LogP contribution is -2.12. The van der Waals surface area contributed by atoms with E-state index in [0.717, 1.165) is 22.4 Å². The normalized spacial score (nSPS) is 11.0. The Bertz CT molecular complexity index is 1420. The maximum absolute atomic E-state index is 13.9. The number of benzene rings is 2. The zero-order chi connectivity index (χ0) is 23.5. The first-order valence-electron chi connectivity index (χ1n) is 11.1. The number of pyridine rings is 1. The third kappa shape index (κ3) is 3.92. The summed E-state index contributed by atoms with van der Waals surface area (Å²) in [4.78, 5) is 18.9. The second kappa shape index (κ2) is 9.23. The average Bonchev–Trinajstić information content (AvgIpc) is 3.55. The summed E-state index contributed by atoms with van der Waals surface area (Å²) in [6, 6.07) is 20.6. The smallest absolute Gasteiger partial charge is 0.197 e. The van der Waals surface area contributed by atoms with Crippen LogP contribution < -0.4 is 10.1 Å². The summed E-state index contributed by atoms with van der Waals surface area (Å²) in [6.45, 7) is 3.08. The van der Waals surface area contributed by atoms with Crippen molar-refractivity contribution in [1.29, 1.82) is 0 Å². The second-order valence-electron chi connectivity index (χ2n) is 7.78. The molecule has 0 bridgehead atoms. The summed E-state index contributed by atoms with van der Waals surface area (Å²) in [5, 5.41) is 8.76. The van der Waals surface area contributed by atoms with Gasteiger partial charge in [-0.1, -0.05) is 30.3 Å². The molecule has 0 fully saturated rings. The maximum atomic E-state index is 13.9. The Morgan fingerprint density at radius 2 is 1.85 bits per heavy atom. The number of anilines is 1. The van der Waals surface area contributed by atoms with Crippen molar-refractivity contribution in [2.75, 3.05) is 19.0 Å². The molecule has 3 aromatic heterocycles. The number of hydrogen-bond donors (Lipinski definition) is 1. The predicted octanol–water partition coefficient (Wildman–Crippen LogP) is 5.41. The lowest BCUT2D eigenvalue weighted by Gasteiger charge is -2.16. The van der Waals surface area contributed by atoms with Gasteiger partial charge in [-0.25, -0.2) is 9.67 Å². The quantitative estimate of drug-likeness (QED) is 0.317. The van der Waals surface area contributed by atoms with Crippen LogP contribution in [-0.2, 0) is 6.54 Å². The zero-order valence-corrected chi connectivity index (χ0v) is 19.0. The van der Waals surface area contributed by atoms with E-state index in [1.54, 1.807) is 48.5 Å². The number of hydrogen-bond acceptors (Lipinski definition) is 6. The molecule has 0 atom stereocenters. The molecule has 170 valence electrons. The van der Waals surface area contributed by atoms with Crippen molar-refractivity contribution in [3.05, 3.63) is 96.1 Å². The van der Waals surface area contributed by atoms with Crippen molar-refractivity contribution in [3.63, 3.8) is 0 Å². The van der Waals surface area contributed by atoms with E-state index in [1.165, 1.54) is 0 Å². The molecule has 0 unspecified atom stereocenters. The van der Waals surface area contributed by atoms with Gasteiger partial charge in [0, 0.05) is 17.7 Å². The summed E-state index contributed by atoms with van der Waals surface area (Å²) in [5.41, 5.74) is 3.93. The molecular formula is C27H24N4O3. The molecular weight excluding hydrogens is 428 g/mol. The van der Waals surface area contributed by atoms with E-state index >= 15 is 0 Å². The molecule has 0 spiro atoms. The third-order valence-electron chi connectivity index (χ3n) is 5.65. The first kappa shape index (κ1) is 21.5. The molecule has 0 aliphatic heterocycles. The predicted molar refractivity (Wildman–Crippen MR) is 131 cm³/mol. The number of furan rings is 1. The van der Waals surface area contributed by atoms with Gasteiger partial charge >= 0.3 is 0 Å². The van der Waals surface area contributed by atoms with Crippen LogP contribution in [0.2, 0.25) is 0 Å². The Kier molecular flexibility index (Phi) is 5.82. The van der Waals surface area contributed by atoms with E-state index in [2.05, 4.69) is 10.4 Å². The summed E-state index contributed by atoms with van der Waals surface area (Å²) >= 11 is 0. The molecule has 3 heterocycles. The average molecular weight is 453 g/mol. The van der Waals surface area contributed by atoms with E-state index in [-0.39, 0.29) is 5.78 Å². The number of methoxy groups -OCH3 is 1. The number of nitrogens with one attached hydrogen (secondary N) is 1. The number of carbonyl (C=O) groups is 1. The van der Waals surface area contributed by atoms with Gasteiger partial charge in [0.2, 0.25) is 0 Å². The van der Waals surface area contributed by atoms with Crippen LogP contribution in [0, 0.1) is 0 Å². The standard InChI is InChI=1S/C27H24N4O3/c1-3-28-25-22-16-29-31(17-21-10-7-15-34-21)27(22)30-24(18-8-5-4-6-9-18)23(25)26(32)19-11-13-20(33-2)14-12-19/h4-16H,3,17H2,1-2H3,(H,28,30). The van der Waals surface area contributed by atoms with Gasteiger partial charge in [0.1, 0.15) is 18.1 Å². The number of nitrogens with zero attached hydrogens (tertiary/aromatic N) is 3. The van der Waals surface area contributed by atoms with E-state index in [1.807, 2.05) is 49.4 Å². The fraction of sp³-hybridized carbons (Fsp3) is 0.148. The molecule has 0 radical (unpaired) electrons. The molecule has 0 aliphatic rings. The van der Waals surface area contributed by atoms with Crippen molar-refractivity contribution in [3.8, 4) is 17.0 Å². The van der Waals surface area contributed by atoms with Crippen molar-refractivity contribution >= 4 is 22.5 Å². The van der Waals surface area contributed by atoms with Crippen molar-refractivity contribution in [2.24, 2.45) is 0 Å². The van der Waals surface area contributed by atoms with Gasteiger partial charge < -0.3 is 14.5 Å². The fourth-order valence-electron chi connectivity index (χ4n) is 4.03. The van der Waals surface area contributed by atoms with Crippen LogP contribution in [0.25, 0.3) is 22.3 Å². The first-order valence-corrected chi connectivity index (χ1v) is 11.1. The lowest BCUT2D eigenvalue weighted by molar-refractivity contribution is 0.104. The second-order valence-corrected chi connectivity index (χ2v) is 7.78. The molecule has 2 aromatic carbocycles. The molecule has 34 heavy (non-hydrogen) atoms. The lowest BCUT2D eigenvalue weighted by atomic mass is 9.95. The monoisotopic (exact) mass is 452 g/mol. The van der Waals surface area contributed by atoms with Crippen molar-refractivity contribution < 1.29 is 13.9 Å². The van der Waals surface area contributed by atoms with Gasteiger partial charge in [0.25, 0.3) is 0 Å². The highest BCUT2D eigenvalue weighted by molar-refractivity contribution is 6.19. The minimum absolute atomic E-state index is 0.120. The van der Waals surface area contributed by atoms with Gasteiger partial charge in [-0.3, -0.25) is 4.79 Å². The molecule has 1 N–H and O–H groups in total. The highest BCUT2D eigenvalue weighted by Crippen LogP contribution is 2.36. The Balaban J connectivity index is 1.75. The van der Waals surface area contributed by atoms with E-state index in [0.29, 0.717) is 41.3 Å². The Labute approximate surface area is 197 Å². The Hall–Kier alpha value is -4.39. The van der Waals surface area contributed by atoms with Crippen LogP contribution in [0.15, 0.2) is 83.6 Å². The van der Waals surface area contributed by atoms with Gasteiger partial charge in [-0.2, -0.15) is 5.10 Å². The highest BCUT2D eigenvalue weighted by Gasteiger charge is 2.25. The molecule has 5 rings (SSSR count). The number of aromatic nitrogens is 3. The minimum Gasteiger partial charge on any atom is -0.497 e. The molecule has 0 amide bonds. The van der Waals surface area contributed by atoms with E-state index in [4.69, 9.17) is 14.1 Å². The largest absolute Gasteiger partial charge is 0.497 e. The molecule has 0 saturated heterocycles. The van der Waals surface area contributed by atoms with Crippen LogP contribution in [0.4, 0.5) is 5.69 Å². The minimum atomic E-state index is -0.120. The summed E-state index contributed by atoms with van der Waals surface area (Å²) in [5.74, 6) is 1.35. The zero-order valence-electron chi connectivity index (χ0n) is 19.0. The molecule has 7 nitrogen and oxygen atoms in total. The summed E-state index contributed by atoms with van der Waals surface area (Å²) in [6.07, 6.45) is 3.39. The van der Waals surface area contributed by atoms with Crippen LogP contribution >= 0.6 is 0 Å². The number of carbonyl (C=O) groups excluding carboxylic acids is 1. The van der Waals surface area contributed by atoms with Crippen molar-refractivity contribution in [1.82, 2.24) is 14.8 Å². The number of ketones is 1. The van der Waals surface area contributed by atoms with Crippen LogP contribution in [-0.4, -0.2) is 34.2 Å². The summed E-state index contributed by atoms with van der Waals surface area (Å²) < 4.78 is 12.6.